The van der Waals surface area contributed by atoms with Crippen LogP contribution in [-0.2, 0) is 0 Å². The van der Waals surface area contributed by atoms with Crippen LogP contribution in [0.1, 0.15) is 0 Å². The highest BCUT2D eigenvalue weighted by Gasteiger charge is 2.20. The first kappa shape index (κ1) is 34.3. The van der Waals surface area contributed by atoms with Gasteiger partial charge in [-0.15, -0.1) is 0 Å². The maximum Gasteiger partial charge on any atom is 0.227 e. The van der Waals surface area contributed by atoms with Gasteiger partial charge in [-0.25, -0.2) is 4.98 Å². The van der Waals surface area contributed by atoms with Crippen LogP contribution in [0.5, 0.6) is 0 Å². The summed E-state index contributed by atoms with van der Waals surface area (Å²) in [7, 11) is 0. The molecule has 0 aliphatic rings. The van der Waals surface area contributed by atoms with Crippen molar-refractivity contribution in [2.75, 3.05) is 4.90 Å². The lowest BCUT2D eigenvalue weighted by molar-refractivity contribution is 0.617. The molecule has 4 heteroatoms. The van der Waals surface area contributed by atoms with E-state index in [0.29, 0.717) is 11.5 Å². The third kappa shape index (κ3) is 6.34. The number of fused-ring (bicyclic) bond motifs is 4. The maximum absolute atomic E-state index is 6.44. The van der Waals surface area contributed by atoms with E-state index in [0.717, 1.165) is 72.3 Å². The van der Waals surface area contributed by atoms with Crippen LogP contribution in [0.4, 0.5) is 17.1 Å². The molecule has 0 unspecified atom stereocenters. The number of furan rings is 1. The van der Waals surface area contributed by atoms with Crippen molar-refractivity contribution in [3.63, 3.8) is 0 Å². The van der Waals surface area contributed by atoms with E-state index in [1.54, 1.807) is 0 Å². The van der Waals surface area contributed by atoms with Crippen LogP contribution in [0.25, 0.3) is 89.0 Å². The largest absolute Gasteiger partial charge is 0.456 e. The van der Waals surface area contributed by atoms with Crippen LogP contribution in [0.15, 0.2) is 227 Å². The van der Waals surface area contributed by atoms with Crippen molar-refractivity contribution in [3.05, 3.63) is 218 Å². The minimum absolute atomic E-state index is 0.596. The molecule has 11 rings (SSSR count). The molecule has 0 atom stereocenters. The van der Waals surface area contributed by atoms with Gasteiger partial charge in [0.1, 0.15) is 16.7 Å². The van der Waals surface area contributed by atoms with E-state index in [-0.39, 0.29) is 0 Å². The van der Waals surface area contributed by atoms with E-state index < -0.39 is 0 Å². The first-order valence-corrected chi connectivity index (χ1v) is 19.9. The lowest BCUT2D eigenvalue weighted by Crippen LogP contribution is -2.11. The average Bonchev–Trinajstić information content (AvgIpc) is 3.91. The van der Waals surface area contributed by atoms with E-state index in [4.69, 9.17) is 13.8 Å². The SMILES string of the molecule is c1ccc(-c2ccc(-c3ccc(N(c4ccc(-c5cccc6oc7cc8oc(-c9ccccc9)nc8cc7c56)cc4)c4ccccc4-c4ccccc4)cc3)cc2)cc1. The summed E-state index contributed by atoms with van der Waals surface area (Å²) in [6.45, 7) is 0. The van der Waals surface area contributed by atoms with Crippen molar-refractivity contribution in [1.29, 1.82) is 0 Å². The summed E-state index contributed by atoms with van der Waals surface area (Å²) in [5.74, 6) is 0.596. The smallest absolute Gasteiger partial charge is 0.227 e. The summed E-state index contributed by atoms with van der Waals surface area (Å²) in [4.78, 5) is 7.22. The third-order valence-electron chi connectivity index (χ3n) is 11.1. The van der Waals surface area contributed by atoms with Crippen molar-refractivity contribution in [2.45, 2.75) is 0 Å². The summed E-state index contributed by atoms with van der Waals surface area (Å²) in [5.41, 5.74) is 16.5. The lowest BCUT2D eigenvalue weighted by atomic mass is 9.98. The van der Waals surface area contributed by atoms with Gasteiger partial charge in [0.05, 0.1) is 5.69 Å². The second-order valence-electron chi connectivity index (χ2n) is 14.7. The first-order chi connectivity index (χ1) is 29.2. The molecule has 0 amide bonds. The van der Waals surface area contributed by atoms with Gasteiger partial charge in [0.2, 0.25) is 5.89 Å². The maximum atomic E-state index is 6.44. The molecule has 2 heterocycles. The molecular formula is C55H36N2O2. The van der Waals surface area contributed by atoms with Crippen molar-refractivity contribution < 1.29 is 8.83 Å². The summed E-state index contributed by atoms with van der Waals surface area (Å²) in [6, 6.07) is 76.6. The van der Waals surface area contributed by atoms with Gasteiger partial charge in [-0.3, -0.25) is 0 Å². The summed E-state index contributed by atoms with van der Waals surface area (Å²) in [6.07, 6.45) is 0. The normalized spacial score (nSPS) is 11.4. The van der Waals surface area contributed by atoms with E-state index >= 15 is 0 Å². The zero-order valence-corrected chi connectivity index (χ0v) is 32.0. The highest BCUT2D eigenvalue weighted by Crippen LogP contribution is 2.43. The summed E-state index contributed by atoms with van der Waals surface area (Å²) < 4.78 is 12.6. The van der Waals surface area contributed by atoms with E-state index in [9.17, 15) is 0 Å². The Morgan fingerprint density at radius 2 is 0.831 bits per heavy atom. The third-order valence-corrected chi connectivity index (χ3v) is 11.1. The quantitative estimate of drug-likeness (QED) is 0.155. The molecule has 0 saturated carbocycles. The van der Waals surface area contributed by atoms with E-state index in [1.165, 1.54) is 22.3 Å². The van der Waals surface area contributed by atoms with Crippen molar-refractivity contribution in [1.82, 2.24) is 4.98 Å². The van der Waals surface area contributed by atoms with Gasteiger partial charge in [0, 0.05) is 39.3 Å². The van der Waals surface area contributed by atoms with Gasteiger partial charge in [-0.1, -0.05) is 158 Å². The minimum atomic E-state index is 0.596. The Morgan fingerprint density at radius 3 is 1.47 bits per heavy atom. The number of nitrogens with zero attached hydrogens (tertiary/aromatic N) is 2. The number of hydrogen-bond acceptors (Lipinski definition) is 4. The van der Waals surface area contributed by atoms with Gasteiger partial charge in [0.25, 0.3) is 0 Å². The van der Waals surface area contributed by atoms with E-state index in [2.05, 4.69) is 181 Å². The molecular weight excluding hydrogens is 721 g/mol. The Labute approximate surface area is 341 Å². The Morgan fingerprint density at radius 1 is 0.339 bits per heavy atom. The molecule has 0 fully saturated rings. The molecule has 0 bridgehead atoms. The van der Waals surface area contributed by atoms with Gasteiger partial charge in [0.15, 0.2) is 5.58 Å². The number of oxazole rings is 1. The molecule has 0 radical (unpaired) electrons. The standard InChI is InChI=1S/C55H36N2O2/c1-4-13-37(14-5-1)38-23-25-39(26-24-38)40-27-31-44(32-28-40)57(50-21-11-10-19-46(50)41-15-6-2-7-16-41)45-33-29-42(30-34-45)47-20-12-22-51-54(47)48-35-49-53(36-52(48)58-51)59-55(56-49)43-17-8-3-9-18-43/h1-36H. The van der Waals surface area contributed by atoms with Gasteiger partial charge < -0.3 is 13.7 Å². The van der Waals surface area contributed by atoms with Crippen molar-refractivity contribution in [2.24, 2.45) is 0 Å². The fraction of sp³-hybridized carbons (Fsp3) is 0. The highest BCUT2D eigenvalue weighted by molar-refractivity contribution is 6.15. The molecule has 11 aromatic rings. The number of benzene rings is 9. The van der Waals surface area contributed by atoms with Crippen LogP contribution in [-0.4, -0.2) is 4.98 Å². The number of para-hydroxylation sites is 1. The fourth-order valence-corrected chi connectivity index (χ4v) is 8.23. The molecule has 2 aromatic heterocycles. The molecule has 0 aliphatic heterocycles. The Balaban J connectivity index is 0.984. The van der Waals surface area contributed by atoms with Crippen LogP contribution in [0, 0.1) is 0 Å². The second kappa shape index (κ2) is 14.5. The number of anilines is 3. The fourth-order valence-electron chi connectivity index (χ4n) is 8.23. The molecule has 0 N–H and O–H groups in total. The minimum Gasteiger partial charge on any atom is -0.456 e. The number of rotatable bonds is 8. The average molecular weight is 757 g/mol. The second-order valence-corrected chi connectivity index (χ2v) is 14.7. The van der Waals surface area contributed by atoms with E-state index in [1.807, 2.05) is 42.5 Å². The summed E-state index contributed by atoms with van der Waals surface area (Å²) in [5, 5.41) is 2.06. The Bertz CT molecular complexity index is 3220. The zero-order chi connectivity index (χ0) is 39.1. The highest BCUT2D eigenvalue weighted by atomic mass is 16.4. The molecule has 9 aromatic carbocycles. The van der Waals surface area contributed by atoms with Gasteiger partial charge in [-0.05, 0) is 93.5 Å². The molecule has 59 heavy (non-hydrogen) atoms. The van der Waals surface area contributed by atoms with Crippen LogP contribution < -0.4 is 4.90 Å². The Hall–Kier alpha value is -7.95. The van der Waals surface area contributed by atoms with Crippen LogP contribution in [0.2, 0.25) is 0 Å². The van der Waals surface area contributed by atoms with Crippen LogP contribution >= 0.6 is 0 Å². The monoisotopic (exact) mass is 756 g/mol. The number of hydrogen-bond donors (Lipinski definition) is 0. The zero-order valence-electron chi connectivity index (χ0n) is 32.0. The van der Waals surface area contributed by atoms with Gasteiger partial charge in [-0.2, -0.15) is 0 Å². The van der Waals surface area contributed by atoms with Crippen molar-refractivity contribution >= 4 is 50.1 Å². The molecule has 0 aliphatic carbocycles. The summed E-state index contributed by atoms with van der Waals surface area (Å²) >= 11 is 0. The first-order valence-electron chi connectivity index (χ1n) is 19.9. The Kier molecular flexibility index (Phi) is 8.45. The molecule has 4 nitrogen and oxygen atoms in total. The van der Waals surface area contributed by atoms with Crippen LogP contribution in [0.3, 0.4) is 0 Å². The predicted octanol–water partition coefficient (Wildman–Crippen LogP) is 15.5. The van der Waals surface area contributed by atoms with Crippen molar-refractivity contribution in [3.8, 4) is 56.0 Å². The predicted molar refractivity (Wildman–Crippen MR) is 243 cm³/mol. The van der Waals surface area contributed by atoms with Gasteiger partial charge >= 0.3 is 0 Å². The topological polar surface area (TPSA) is 42.4 Å². The number of aromatic nitrogens is 1. The molecule has 0 saturated heterocycles. The lowest BCUT2D eigenvalue weighted by Gasteiger charge is -2.28. The molecule has 0 spiro atoms. The molecule has 278 valence electrons.